The molecule has 0 bridgehead atoms. The van der Waals surface area contributed by atoms with Gasteiger partial charge in [-0.05, 0) is 98.9 Å². The molecule has 0 fully saturated rings. The largest absolute Gasteiger partial charge is 0.309 e. The third kappa shape index (κ3) is 3.72. The van der Waals surface area contributed by atoms with Gasteiger partial charge in [-0.1, -0.05) is 115 Å². The van der Waals surface area contributed by atoms with Crippen LogP contribution in [-0.2, 0) is 0 Å². The molecule has 1 aliphatic carbocycles. The fourth-order valence-electron chi connectivity index (χ4n) is 8.98. The van der Waals surface area contributed by atoms with Gasteiger partial charge in [-0.2, -0.15) is 0 Å². The van der Waals surface area contributed by atoms with Crippen LogP contribution in [0, 0.1) is 0 Å². The number of hydrogen-bond donors (Lipinski definition) is 0. The van der Waals surface area contributed by atoms with Gasteiger partial charge >= 0.3 is 0 Å². The van der Waals surface area contributed by atoms with E-state index in [4.69, 9.17) is 4.98 Å². The maximum absolute atomic E-state index is 5.39. The van der Waals surface area contributed by atoms with Crippen molar-refractivity contribution in [3.05, 3.63) is 176 Å². The van der Waals surface area contributed by atoms with Gasteiger partial charge in [0.2, 0.25) is 0 Å². The van der Waals surface area contributed by atoms with Crippen LogP contribution in [0.15, 0.2) is 176 Å². The topological polar surface area (TPSA) is 22.8 Å². The minimum atomic E-state index is 0.935. The summed E-state index contributed by atoms with van der Waals surface area (Å²) in [5, 5.41) is 10.1. The zero-order valence-corrected chi connectivity index (χ0v) is 28.1. The molecule has 8 aromatic carbocycles. The molecule has 0 saturated carbocycles. The predicted octanol–water partition coefficient (Wildman–Crippen LogP) is 12.9. The molecule has 11 aromatic rings. The zero-order valence-electron chi connectivity index (χ0n) is 28.1. The molecule has 3 nitrogen and oxygen atoms in total. The van der Waals surface area contributed by atoms with Gasteiger partial charge < -0.3 is 4.57 Å². The molecule has 0 saturated heterocycles. The van der Waals surface area contributed by atoms with Crippen molar-refractivity contribution in [2.24, 2.45) is 0 Å². The highest BCUT2D eigenvalue weighted by Crippen LogP contribution is 2.47. The van der Waals surface area contributed by atoms with Crippen molar-refractivity contribution < 1.29 is 0 Å². The zero-order chi connectivity index (χ0) is 33.9. The lowest BCUT2D eigenvalue weighted by molar-refractivity contribution is 1.09. The first-order valence-corrected chi connectivity index (χ1v) is 17.9. The van der Waals surface area contributed by atoms with Gasteiger partial charge in [0.15, 0.2) is 0 Å². The Balaban J connectivity index is 1.07. The summed E-state index contributed by atoms with van der Waals surface area (Å²) >= 11 is 0. The Morgan fingerprint density at radius 1 is 0.346 bits per heavy atom. The third-order valence-corrected chi connectivity index (χ3v) is 11.2. The molecule has 3 heterocycles. The van der Waals surface area contributed by atoms with Crippen LogP contribution in [-0.4, -0.2) is 14.1 Å². The van der Waals surface area contributed by atoms with Crippen molar-refractivity contribution in [1.29, 1.82) is 0 Å². The fourth-order valence-corrected chi connectivity index (χ4v) is 8.98. The van der Waals surface area contributed by atoms with Crippen molar-refractivity contribution in [2.45, 2.75) is 0 Å². The molecule has 240 valence electrons. The SMILES string of the molecule is c1ccc(-n2c3ccc(-c4ccc5c(c4)c4ccccc4n5-c4ccc5c(n4)-c4cccc6cccc-5c46)cc3c3c4ccccc4ccc32)cc1. The Kier molecular flexibility index (Phi) is 5.50. The van der Waals surface area contributed by atoms with Gasteiger partial charge in [0, 0.05) is 38.4 Å². The quantitative estimate of drug-likeness (QED) is 0.185. The average molecular weight is 660 g/mol. The number of rotatable bonds is 3. The van der Waals surface area contributed by atoms with E-state index in [2.05, 4.69) is 185 Å². The molecular formula is C49H29N3. The van der Waals surface area contributed by atoms with E-state index < -0.39 is 0 Å². The summed E-state index contributed by atoms with van der Waals surface area (Å²) in [4.78, 5) is 5.39. The first-order valence-electron chi connectivity index (χ1n) is 17.9. The van der Waals surface area contributed by atoms with Gasteiger partial charge in [-0.3, -0.25) is 4.57 Å². The second-order valence-corrected chi connectivity index (χ2v) is 13.9. The van der Waals surface area contributed by atoms with Crippen LogP contribution in [0.2, 0.25) is 0 Å². The monoisotopic (exact) mass is 659 g/mol. The van der Waals surface area contributed by atoms with E-state index >= 15 is 0 Å². The van der Waals surface area contributed by atoms with E-state index in [1.54, 1.807) is 0 Å². The molecule has 0 N–H and O–H groups in total. The van der Waals surface area contributed by atoms with E-state index in [0.29, 0.717) is 0 Å². The Morgan fingerprint density at radius 2 is 1.00 bits per heavy atom. The number of nitrogens with zero attached hydrogens (tertiary/aromatic N) is 3. The number of aromatic nitrogens is 3. The smallest absolute Gasteiger partial charge is 0.138 e. The summed E-state index contributed by atoms with van der Waals surface area (Å²) in [5.74, 6) is 0.935. The molecule has 1 aliphatic rings. The van der Waals surface area contributed by atoms with Gasteiger partial charge in [-0.15, -0.1) is 0 Å². The molecule has 3 heteroatoms. The Bertz CT molecular complexity index is 3280. The van der Waals surface area contributed by atoms with E-state index in [1.165, 1.54) is 87.6 Å². The maximum atomic E-state index is 5.39. The van der Waals surface area contributed by atoms with Crippen LogP contribution in [0.4, 0.5) is 0 Å². The lowest BCUT2D eigenvalue weighted by atomic mass is 9.99. The van der Waals surface area contributed by atoms with Crippen molar-refractivity contribution in [2.75, 3.05) is 0 Å². The van der Waals surface area contributed by atoms with Crippen molar-refractivity contribution >= 4 is 65.2 Å². The van der Waals surface area contributed by atoms with Crippen LogP contribution < -0.4 is 0 Å². The number of benzene rings is 8. The van der Waals surface area contributed by atoms with Crippen LogP contribution in [0.1, 0.15) is 0 Å². The number of pyridine rings is 1. The van der Waals surface area contributed by atoms with E-state index in [0.717, 1.165) is 22.5 Å². The number of para-hydroxylation sites is 2. The van der Waals surface area contributed by atoms with Crippen molar-refractivity contribution in [3.8, 4) is 45.0 Å². The van der Waals surface area contributed by atoms with Crippen molar-refractivity contribution in [1.82, 2.24) is 14.1 Å². The fraction of sp³-hybridized carbons (Fsp3) is 0. The first kappa shape index (κ1) is 27.8. The highest BCUT2D eigenvalue weighted by molar-refractivity contribution is 6.22. The maximum Gasteiger partial charge on any atom is 0.138 e. The molecule has 0 atom stereocenters. The van der Waals surface area contributed by atoms with Crippen LogP contribution >= 0.6 is 0 Å². The van der Waals surface area contributed by atoms with Crippen molar-refractivity contribution in [3.63, 3.8) is 0 Å². The third-order valence-electron chi connectivity index (χ3n) is 11.2. The first-order chi connectivity index (χ1) is 25.8. The molecule has 52 heavy (non-hydrogen) atoms. The van der Waals surface area contributed by atoms with Gasteiger partial charge in [0.25, 0.3) is 0 Å². The minimum Gasteiger partial charge on any atom is -0.309 e. The highest BCUT2D eigenvalue weighted by atomic mass is 15.1. The highest BCUT2D eigenvalue weighted by Gasteiger charge is 2.24. The Morgan fingerprint density at radius 3 is 1.85 bits per heavy atom. The van der Waals surface area contributed by atoms with Gasteiger partial charge in [-0.25, -0.2) is 4.98 Å². The molecule has 0 amide bonds. The Hall–Kier alpha value is -6.97. The van der Waals surface area contributed by atoms with E-state index in [9.17, 15) is 0 Å². The molecule has 0 unspecified atom stereocenters. The second kappa shape index (κ2) is 10.3. The van der Waals surface area contributed by atoms with E-state index in [-0.39, 0.29) is 0 Å². The van der Waals surface area contributed by atoms with Crippen LogP contribution in [0.5, 0.6) is 0 Å². The lowest BCUT2D eigenvalue weighted by Crippen LogP contribution is -1.98. The average Bonchev–Trinajstić information content (AvgIpc) is 3.84. The van der Waals surface area contributed by atoms with Crippen LogP contribution in [0.25, 0.3) is 110 Å². The standard InChI is InChI=1S/C49H29N3/c1-2-13-34(14-3-1)51-44-25-22-33(29-41(44)48-35-15-5-4-10-30(35)20-26-45(48)51)32-21-24-43-40(28-32)36-16-6-7-19-42(36)52(43)46-27-23-38-37-17-8-11-31-12-9-18-39(47(31)37)49(38)50-46/h1-29H. The Labute approximate surface area is 299 Å². The summed E-state index contributed by atoms with van der Waals surface area (Å²) in [5.41, 5.74) is 13.0. The minimum absolute atomic E-state index is 0.935. The summed E-state index contributed by atoms with van der Waals surface area (Å²) in [7, 11) is 0. The molecular weight excluding hydrogens is 631 g/mol. The predicted molar refractivity (Wildman–Crippen MR) is 218 cm³/mol. The summed E-state index contributed by atoms with van der Waals surface area (Å²) < 4.78 is 4.74. The van der Waals surface area contributed by atoms with E-state index in [1.807, 2.05) is 0 Å². The van der Waals surface area contributed by atoms with Gasteiger partial charge in [0.05, 0.1) is 27.8 Å². The lowest BCUT2D eigenvalue weighted by Gasteiger charge is -2.10. The number of hydrogen-bond acceptors (Lipinski definition) is 1. The molecule has 3 aromatic heterocycles. The normalized spacial score (nSPS) is 12.2. The molecule has 0 spiro atoms. The van der Waals surface area contributed by atoms with Gasteiger partial charge in [0.1, 0.15) is 5.82 Å². The summed E-state index contributed by atoms with van der Waals surface area (Å²) in [6.45, 7) is 0. The molecule has 12 rings (SSSR count). The summed E-state index contributed by atoms with van der Waals surface area (Å²) in [6, 6.07) is 64.1. The number of fused-ring (bicyclic) bond motifs is 11. The summed E-state index contributed by atoms with van der Waals surface area (Å²) in [6.07, 6.45) is 0. The molecule has 0 aliphatic heterocycles. The van der Waals surface area contributed by atoms with Crippen LogP contribution in [0.3, 0.4) is 0 Å². The molecule has 0 radical (unpaired) electrons. The second-order valence-electron chi connectivity index (χ2n) is 13.9.